The molecule has 1 amide bonds. The van der Waals surface area contributed by atoms with E-state index in [-0.39, 0.29) is 23.0 Å². The van der Waals surface area contributed by atoms with Crippen LogP contribution in [0.5, 0.6) is 0 Å². The number of amides is 1. The Hall–Kier alpha value is -3.49. The monoisotopic (exact) mass is 490 g/mol. The van der Waals surface area contributed by atoms with Crippen LogP contribution in [0.4, 0.5) is 0 Å². The van der Waals surface area contributed by atoms with Crippen LogP contribution >= 0.6 is 0 Å². The average molecular weight is 491 g/mol. The number of rotatable bonds is 5. The van der Waals surface area contributed by atoms with Gasteiger partial charge in [0.05, 0.1) is 10.5 Å². The molecule has 0 fully saturated rings. The summed E-state index contributed by atoms with van der Waals surface area (Å²) in [5.41, 5.74) is 4.55. The minimum Gasteiger partial charge on any atom is -0.452 e. The second kappa shape index (κ2) is 9.64. The lowest BCUT2D eigenvalue weighted by Crippen LogP contribution is -2.38. The maximum absolute atomic E-state index is 13.3. The first-order valence-corrected chi connectivity index (χ1v) is 13.0. The van der Waals surface area contributed by atoms with Crippen molar-refractivity contribution in [1.82, 2.24) is 9.21 Å². The molecule has 3 aromatic rings. The van der Waals surface area contributed by atoms with Gasteiger partial charge in [-0.3, -0.25) is 4.79 Å². The number of carbonyl (C=O) groups excluding carboxylic acids is 2. The number of fused-ring (bicyclic) bond motifs is 2. The number of hydrogen-bond acceptors (Lipinski definition) is 5. The zero-order valence-electron chi connectivity index (χ0n) is 19.2. The molecule has 0 radical (unpaired) electrons. The summed E-state index contributed by atoms with van der Waals surface area (Å²) < 4.78 is 33.2. The van der Waals surface area contributed by atoms with Crippen molar-refractivity contribution in [3.05, 3.63) is 101 Å². The number of carbonyl (C=O) groups is 2. The molecule has 0 aliphatic carbocycles. The van der Waals surface area contributed by atoms with E-state index in [1.54, 1.807) is 4.90 Å². The summed E-state index contributed by atoms with van der Waals surface area (Å²) >= 11 is 0. The van der Waals surface area contributed by atoms with Gasteiger partial charge in [0.15, 0.2) is 6.61 Å². The zero-order valence-corrected chi connectivity index (χ0v) is 20.0. The average Bonchev–Trinajstić information content (AvgIpc) is 2.91. The molecule has 0 bridgehead atoms. The highest BCUT2D eigenvalue weighted by Gasteiger charge is 2.29. The van der Waals surface area contributed by atoms with E-state index in [1.807, 2.05) is 42.5 Å². The molecule has 5 rings (SSSR count). The molecule has 0 saturated carbocycles. The molecule has 0 spiro atoms. The van der Waals surface area contributed by atoms with Gasteiger partial charge in [-0.1, -0.05) is 54.6 Å². The minimum atomic E-state index is -3.79. The van der Waals surface area contributed by atoms with Crippen LogP contribution in [0.3, 0.4) is 0 Å². The number of hydrogen-bond donors (Lipinski definition) is 0. The van der Waals surface area contributed by atoms with Crippen LogP contribution in [-0.2, 0) is 45.5 Å². The van der Waals surface area contributed by atoms with Gasteiger partial charge in [0, 0.05) is 26.2 Å². The fraction of sp³-hybridized carbons (Fsp3) is 0.259. The van der Waals surface area contributed by atoms with E-state index in [2.05, 4.69) is 6.07 Å². The first-order chi connectivity index (χ1) is 16.9. The lowest BCUT2D eigenvalue weighted by atomic mass is 10.00. The number of benzene rings is 3. The summed E-state index contributed by atoms with van der Waals surface area (Å²) in [6.07, 6.45) is 1.40. The lowest BCUT2D eigenvalue weighted by Gasteiger charge is -2.28. The summed E-state index contributed by atoms with van der Waals surface area (Å²) in [6, 6.07) is 21.6. The Labute approximate surface area is 205 Å². The standard InChI is InChI=1S/C27H26N2O5S/c30-26(28-14-12-20-6-1-3-8-23(20)17-28)19-34-27(31)22-10-5-11-25(16-22)35(32,33)29-15-13-21-7-2-4-9-24(21)18-29/h1-11,16H,12-15,17-19H2. The fourth-order valence-corrected chi connectivity index (χ4v) is 6.08. The van der Waals surface area contributed by atoms with E-state index < -0.39 is 16.0 Å². The van der Waals surface area contributed by atoms with Crippen molar-refractivity contribution in [2.75, 3.05) is 19.7 Å². The van der Waals surface area contributed by atoms with Gasteiger partial charge in [0.1, 0.15) is 0 Å². The number of ether oxygens (including phenoxy) is 1. The van der Waals surface area contributed by atoms with Crippen LogP contribution in [0.1, 0.15) is 32.6 Å². The quantitative estimate of drug-likeness (QED) is 0.513. The second-order valence-electron chi connectivity index (χ2n) is 8.80. The minimum absolute atomic E-state index is 0.0327. The molecule has 0 saturated heterocycles. The van der Waals surface area contributed by atoms with E-state index in [1.165, 1.54) is 34.1 Å². The maximum atomic E-state index is 13.3. The molecule has 2 heterocycles. The van der Waals surface area contributed by atoms with Gasteiger partial charge in [0.25, 0.3) is 5.91 Å². The predicted molar refractivity (Wildman–Crippen MR) is 130 cm³/mol. The van der Waals surface area contributed by atoms with Gasteiger partial charge in [-0.05, 0) is 53.3 Å². The van der Waals surface area contributed by atoms with E-state index in [0.717, 1.165) is 23.1 Å². The van der Waals surface area contributed by atoms with Crippen molar-refractivity contribution in [3.8, 4) is 0 Å². The lowest BCUT2D eigenvalue weighted by molar-refractivity contribution is -0.135. The molecule has 2 aliphatic heterocycles. The Bertz CT molecular complexity index is 1390. The molecule has 0 N–H and O–H groups in total. The Balaban J connectivity index is 1.23. The number of nitrogens with zero attached hydrogens (tertiary/aromatic N) is 2. The smallest absolute Gasteiger partial charge is 0.338 e. The normalized spacial score (nSPS) is 15.7. The van der Waals surface area contributed by atoms with Crippen molar-refractivity contribution < 1.29 is 22.7 Å². The van der Waals surface area contributed by atoms with Crippen molar-refractivity contribution in [3.63, 3.8) is 0 Å². The van der Waals surface area contributed by atoms with E-state index in [9.17, 15) is 18.0 Å². The summed E-state index contributed by atoms with van der Waals surface area (Å²) in [4.78, 5) is 27.0. The molecule has 0 unspecified atom stereocenters. The van der Waals surface area contributed by atoms with Crippen molar-refractivity contribution in [2.45, 2.75) is 30.8 Å². The molecule has 35 heavy (non-hydrogen) atoms. The molecule has 8 heteroatoms. The SMILES string of the molecule is O=C(OCC(=O)N1CCc2ccccc2C1)c1cccc(S(=O)(=O)N2CCc3ccccc3C2)c1. The molecular weight excluding hydrogens is 464 g/mol. The number of sulfonamides is 1. The van der Waals surface area contributed by atoms with Gasteiger partial charge in [-0.2, -0.15) is 4.31 Å². The highest BCUT2D eigenvalue weighted by Crippen LogP contribution is 2.25. The summed E-state index contributed by atoms with van der Waals surface area (Å²) in [5.74, 6) is -1.000. The fourth-order valence-electron chi connectivity index (χ4n) is 4.62. The summed E-state index contributed by atoms with van der Waals surface area (Å²) in [7, 11) is -3.79. The Morgan fingerprint density at radius 1 is 0.771 bits per heavy atom. The predicted octanol–water partition coefficient (Wildman–Crippen LogP) is 3.18. The molecular formula is C27H26N2O5S. The van der Waals surface area contributed by atoms with Crippen LogP contribution in [0, 0.1) is 0 Å². The highest BCUT2D eigenvalue weighted by atomic mass is 32.2. The first-order valence-electron chi connectivity index (χ1n) is 11.6. The largest absolute Gasteiger partial charge is 0.452 e. The third-order valence-electron chi connectivity index (χ3n) is 6.61. The maximum Gasteiger partial charge on any atom is 0.338 e. The van der Waals surface area contributed by atoms with Crippen molar-refractivity contribution in [1.29, 1.82) is 0 Å². The molecule has 7 nitrogen and oxygen atoms in total. The third kappa shape index (κ3) is 4.85. The molecule has 2 aliphatic rings. The van der Waals surface area contributed by atoms with Crippen LogP contribution in [0.15, 0.2) is 77.7 Å². The van der Waals surface area contributed by atoms with Crippen LogP contribution < -0.4 is 0 Å². The van der Waals surface area contributed by atoms with E-state index in [0.29, 0.717) is 32.6 Å². The van der Waals surface area contributed by atoms with E-state index >= 15 is 0 Å². The van der Waals surface area contributed by atoms with Crippen LogP contribution in [0.2, 0.25) is 0 Å². The Kier molecular flexibility index (Phi) is 6.40. The topological polar surface area (TPSA) is 84.0 Å². The van der Waals surface area contributed by atoms with Crippen molar-refractivity contribution >= 4 is 21.9 Å². The second-order valence-corrected chi connectivity index (χ2v) is 10.7. The molecule has 180 valence electrons. The first kappa shape index (κ1) is 23.3. The van der Waals surface area contributed by atoms with Crippen LogP contribution in [0.25, 0.3) is 0 Å². The van der Waals surface area contributed by atoms with Gasteiger partial charge in [-0.25, -0.2) is 13.2 Å². The molecule has 0 aromatic heterocycles. The van der Waals surface area contributed by atoms with Gasteiger partial charge >= 0.3 is 5.97 Å². The Morgan fingerprint density at radius 2 is 1.40 bits per heavy atom. The van der Waals surface area contributed by atoms with E-state index in [4.69, 9.17) is 4.74 Å². The molecule has 3 aromatic carbocycles. The van der Waals surface area contributed by atoms with Gasteiger partial charge in [0.2, 0.25) is 10.0 Å². The molecule has 0 atom stereocenters. The van der Waals surface area contributed by atoms with Gasteiger partial charge in [-0.15, -0.1) is 0 Å². The van der Waals surface area contributed by atoms with Crippen molar-refractivity contribution in [2.24, 2.45) is 0 Å². The highest BCUT2D eigenvalue weighted by molar-refractivity contribution is 7.89. The summed E-state index contributed by atoms with van der Waals surface area (Å²) in [5, 5.41) is 0. The summed E-state index contributed by atoms with van der Waals surface area (Å²) in [6.45, 7) is 1.34. The number of esters is 1. The zero-order chi connectivity index (χ0) is 24.4. The Morgan fingerprint density at radius 3 is 2.11 bits per heavy atom. The third-order valence-corrected chi connectivity index (χ3v) is 8.45. The van der Waals surface area contributed by atoms with Gasteiger partial charge < -0.3 is 9.64 Å². The van der Waals surface area contributed by atoms with Crippen LogP contribution in [-0.4, -0.2) is 49.2 Å².